The maximum absolute atomic E-state index is 12.6. The van der Waals surface area contributed by atoms with Crippen LogP contribution in [0.4, 0.5) is 10.8 Å². The number of rotatable bonds is 5. The lowest BCUT2D eigenvalue weighted by atomic mass is 10.1. The minimum absolute atomic E-state index is 0.154. The maximum atomic E-state index is 12.6. The van der Waals surface area contributed by atoms with Gasteiger partial charge in [-0.25, -0.2) is 0 Å². The molecule has 0 aliphatic carbocycles. The van der Waals surface area contributed by atoms with E-state index >= 15 is 0 Å². The fourth-order valence-corrected chi connectivity index (χ4v) is 4.11. The summed E-state index contributed by atoms with van der Waals surface area (Å²) in [6.07, 6.45) is 0. The van der Waals surface area contributed by atoms with E-state index in [4.69, 9.17) is 9.47 Å². The Bertz CT molecular complexity index is 1110. The van der Waals surface area contributed by atoms with Crippen LogP contribution in [-0.2, 0) is 0 Å². The van der Waals surface area contributed by atoms with Crippen molar-refractivity contribution in [1.29, 1.82) is 0 Å². The number of anilines is 2. The molecule has 144 valence electrons. The molecule has 7 nitrogen and oxygen atoms in total. The van der Waals surface area contributed by atoms with Crippen molar-refractivity contribution in [3.05, 3.63) is 52.3 Å². The third kappa shape index (κ3) is 3.38. The van der Waals surface area contributed by atoms with Crippen molar-refractivity contribution in [2.75, 3.05) is 30.1 Å². The number of amides is 1. The monoisotopic (exact) mass is 397 g/mol. The number of hydrogen-bond donors (Lipinski definition) is 1. The molecule has 0 unspecified atom stereocenters. The minimum Gasteiger partial charge on any atom is -0.454 e. The van der Waals surface area contributed by atoms with Crippen LogP contribution in [0.1, 0.15) is 24.2 Å². The van der Waals surface area contributed by atoms with E-state index in [0.717, 1.165) is 17.8 Å². The number of carbonyl (C=O) groups excluding carboxylic acids is 1. The third-order valence-electron chi connectivity index (χ3n) is 4.53. The molecule has 0 fully saturated rings. The highest BCUT2D eigenvalue weighted by Gasteiger charge is 2.17. The number of nitrogens with one attached hydrogen (secondary N) is 1. The van der Waals surface area contributed by atoms with E-state index in [-0.39, 0.29) is 18.3 Å². The standard InChI is InChI=1S/C20H19N3O4S/c1-3-23(4-2)20-22-19(25)14-10-13(6-8-17(14)28-20)21-18(24)12-5-7-15-16(9-12)27-11-26-15/h5-10H,3-4,11H2,1-2H3,(H,21,24). The predicted molar refractivity (Wildman–Crippen MR) is 110 cm³/mol. The summed E-state index contributed by atoms with van der Waals surface area (Å²) in [5, 5.41) is 4.02. The van der Waals surface area contributed by atoms with Crippen molar-refractivity contribution in [2.24, 2.45) is 0 Å². The number of ether oxygens (including phenoxy) is 2. The second-order valence-electron chi connectivity index (χ2n) is 6.21. The first-order valence-electron chi connectivity index (χ1n) is 9.00. The molecule has 0 saturated heterocycles. The Morgan fingerprint density at radius 2 is 1.93 bits per heavy atom. The lowest BCUT2D eigenvalue weighted by molar-refractivity contribution is 0.102. The second kappa shape index (κ2) is 7.47. The number of benzene rings is 2. The van der Waals surface area contributed by atoms with Gasteiger partial charge in [-0.1, -0.05) is 11.3 Å². The molecule has 1 N–H and O–H groups in total. The first kappa shape index (κ1) is 18.2. The van der Waals surface area contributed by atoms with Crippen LogP contribution >= 0.6 is 11.3 Å². The van der Waals surface area contributed by atoms with Gasteiger partial charge in [-0.15, -0.1) is 0 Å². The molecule has 8 heteroatoms. The van der Waals surface area contributed by atoms with E-state index in [1.54, 1.807) is 30.3 Å². The number of hydrogen-bond acceptors (Lipinski definition) is 7. The zero-order valence-corrected chi connectivity index (χ0v) is 16.3. The molecule has 0 bridgehead atoms. The molecule has 2 heterocycles. The van der Waals surface area contributed by atoms with Gasteiger partial charge >= 0.3 is 0 Å². The molecule has 3 aromatic rings. The summed E-state index contributed by atoms with van der Waals surface area (Å²) in [5.41, 5.74) is 0.691. The van der Waals surface area contributed by atoms with Crippen LogP contribution in [0, 0.1) is 0 Å². The molecule has 0 spiro atoms. The average Bonchev–Trinajstić information content (AvgIpc) is 3.17. The summed E-state index contributed by atoms with van der Waals surface area (Å²) in [5.74, 6) is 0.874. The molecule has 4 rings (SSSR count). The van der Waals surface area contributed by atoms with Crippen molar-refractivity contribution >= 4 is 38.1 Å². The van der Waals surface area contributed by atoms with E-state index in [1.807, 2.05) is 24.8 Å². The van der Waals surface area contributed by atoms with Gasteiger partial charge < -0.3 is 19.7 Å². The van der Waals surface area contributed by atoms with Gasteiger partial charge in [-0.05, 0) is 50.2 Å². The van der Waals surface area contributed by atoms with Gasteiger partial charge in [0.15, 0.2) is 16.6 Å². The van der Waals surface area contributed by atoms with Gasteiger partial charge in [0.1, 0.15) is 0 Å². The highest BCUT2D eigenvalue weighted by atomic mass is 32.1. The van der Waals surface area contributed by atoms with Crippen molar-refractivity contribution in [1.82, 2.24) is 4.98 Å². The number of nitrogens with zero attached hydrogens (tertiary/aromatic N) is 2. The summed E-state index contributed by atoms with van der Waals surface area (Å²) >= 11 is 1.47. The average molecular weight is 397 g/mol. The maximum Gasteiger partial charge on any atom is 0.281 e. The van der Waals surface area contributed by atoms with Crippen LogP contribution in [-0.4, -0.2) is 30.8 Å². The zero-order chi connectivity index (χ0) is 19.7. The molecule has 1 aliphatic rings. The van der Waals surface area contributed by atoms with Gasteiger partial charge in [0.2, 0.25) is 6.79 Å². The van der Waals surface area contributed by atoms with Gasteiger partial charge in [0.25, 0.3) is 11.5 Å². The summed E-state index contributed by atoms with van der Waals surface area (Å²) in [7, 11) is 0. The zero-order valence-electron chi connectivity index (χ0n) is 15.5. The Morgan fingerprint density at radius 1 is 1.14 bits per heavy atom. The molecule has 1 amide bonds. The van der Waals surface area contributed by atoms with E-state index in [0.29, 0.717) is 33.3 Å². The van der Waals surface area contributed by atoms with Crippen LogP contribution in [0.2, 0.25) is 0 Å². The van der Waals surface area contributed by atoms with Gasteiger partial charge in [0.05, 0.1) is 5.39 Å². The largest absolute Gasteiger partial charge is 0.454 e. The van der Waals surface area contributed by atoms with E-state index in [9.17, 15) is 9.59 Å². The third-order valence-corrected chi connectivity index (χ3v) is 5.64. The number of aromatic nitrogens is 1. The molecule has 0 radical (unpaired) electrons. The fraction of sp³-hybridized carbons (Fsp3) is 0.250. The Kier molecular flexibility index (Phi) is 4.87. The topological polar surface area (TPSA) is 80.8 Å². The second-order valence-corrected chi connectivity index (χ2v) is 7.22. The Balaban J connectivity index is 1.61. The molecular formula is C20H19N3O4S. The van der Waals surface area contributed by atoms with Crippen molar-refractivity contribution in [2.45, 2.75) is 13.8 Å². The number of fused-ring (bicyclic) bond motifs is 2. The molecule has 1 aliphatic heterocycles. The predicted octanol–water partition coefficient (Wildman–Crippen LogP) is 3.48. The molecule has 2 aromatic carbocycles. The van der Waals surface area contributed by atoms with Crippen molar-refractivity contribution in [3.8, 4) is 11.5 Å². The highest BCUT2D eigenvalue weighted by Crippen LogP contribution is 2.33. The van der Waals surface area contributed by atoms with E-state index in [1.165, 1.54) is 11.3 Å². The first-order valence-corrected chi connectivity index (χ1v) is 9.81. The molecule has 1 aromatic heterocycles. The summed E-state index contributed by atoms with van der Waals surface area (Å²) < 4.78 is 11.4. The summed E-state index contributed by atoms with van der Waals surface area (Å²) in [4.78, 5) is 31.3. The van der Waals surface area contributed by atoms with Crippen LogP contribution in [0.15, 0.2) is 41.2 Å². The first-order chi connectivity index (χ1) is 13.6. The van der Waals surface area contributed by atoms with E-state index in [2.05, 4.69) is 10.3 Å². The fourth-order valence-electron chi connectivity index (χ4n) is 3.00. The Morgan fingerprint density at radius 3 is 2.71 bits per heavy atom. The summed E-state index contributed by atoms with van der Waals surface area (Å²) in [6, 6.07) is 10.3. The highest BCUT2D eigenvalue weighted by molar-refractivity contribution is 7.21. The Hall–Kier alpha value is -3.13. The van der Waals surface area contributed by atoms with E-state index < -0.39 is 0 Å². The lowest BCUT2D eigenvalue weighted by Gasteiger charge is -2.18. The van der Waals surface area contributed by atoms with Gasteiger partial charge in [-0.2, -0.15) is 4.98 Å². The minimum atomic E-state index is -0.296. The Labute approximate surface area is 165 Å². The van der Waals surface area contributed by atoms with Crippen LogP contribution in [0.3, 0.4) is 0 Å². The normalized spacial score (nSPS) is 12.2. The van der Waals surface area contributed by atoms with Gasteiger partial charge in [-0.3, -0.25) is 9.59 Å². The molecular weight excluding hydrogens is 378 g/mol. The molecule has 28 heavy (non-hydrogen) atoms. The quantitative estimate of drug-likeness (QED) is 0.710. The number of carbonyl (C=O) groups is 1. The van der Waals surface area contributed by atoms with Crippen LogP contribution in [0.25, 0.3) is 10.1 Å². The van der Waals surface area contributed by atoms with Crippen molar-refractivity contribution in [3.63, 3.8) is 0 Å². The SMILES string of the molecule is CCN(CC)c1nc(=O)c2cc(NC(=O)c3ccc4c(c3)OCO4)ccc2s1. The molecule has 0 saturated carbocycles. The smallest absolute Gasteiger partial charge is 0.281 e. The van der Waals surface area contributed by atoms with Crippen molar-refractivity contribution < 1.29 is 14.3 Å². The lowest BCUT2D eigenvalue weighted by Crippen LogP contribution is -2.24. The molecule has 0 atom stereocenters. The van der Waals surface area contributed by atoms with Gasteiger partial charge in [0, 0.05) is 29.0 Å². The van der Waals surface area contributed by atoms with Crippen LogP contribution < -0.4 is 25.2 Å². The van der Waals surface area contributed by atoms with Crippen LogP contribution in [0.5, 0.6) is 11.5 Å². The summed E-state index contributed by atoms with van der Waals surface area (Å²) in [6.45, 7) is 5.78.